The number of nitrogens with one attached hydrogen (secondary N) is 1. The van der Waals surface area contributed by atoms with E-state index in [2.05, 4.69) is 10.3 Å². The van der Waals surface area contributed by atoms with Crippen LogP contribution in [0.4, 0.5) is 0 Å². The molecule has 1 amide bonds. The molecule has 3 rings (SSSR count). The summed E-state index contributed by atoms with van der Waals surface area (Å²) in [7, 11) is 1.70. The summed E-state index contributed by atoms with van der Waals surface area (Å²) in [6.45, 7) is 0.329. The summed E-state index contributed by atoms with van der Waals surface area (Å²) >= 11 is 1.13. The van der Waals surface area contributed by atoms with Crippen LogP contribution in [0, 0.1) is 0 Å². The number of para-hydroxylation sites is 2. The Labute approximate surface area is 136 Å². The highest BCUT2D eigenvalue weighted by Crippen LogP contribution is 2.15. The van der Waals surface area contributed by atoms with E-state index in [1.54, 1.807) is 30.0 Å². The molecule has 6 nitrogen and oxygen atoms in total. The monoisotopic (exact) mass is 329 g/mol. The number of rotatable bonds is 5. The van der Waals surface area contributed by atoms with Gasteiger partial charge in [-0.3, -0.25) is 9.59 Å². The normalized spacial score (nSPS) is 10.8. The first kappa shape index (κ1) is 15.4. The number of hydrogen-bond donors (Lipinski definition) is 1. The number of carbonyl (C=O) groups is 1. The Kier molecular flexibility index (Phi) is 4.47. The van der Waals surface area contributed by atoms with Crippen molar-refractivity contribution >= 4 is 28.7 Å². The molecular weight excluding hydrogens is 314 g/mol. The summed E-state index contributed by atoms with van der Waals surface area (Å²) < 4.78 is 6.69. The highest BCUT2D eigenvalue weighted by molar-refractivity contribution is 7.99. The molecule has 0 saturated carbocycles. The van der Waals surface area contributed by atoms with Gasteiger partial charge in [0.05, 0.1) is 29.6 Å². The molecule has 0 spiro atoms. The van der Waals surface area contributed by atoms with Crippen molar-refractivity contribution in [3.63, 3.8) is 0 Å². The average Bonchev–Trinajstić information content (AvgIpc) is 3.08. The van der Waals surface area contributed by atoms with Crippen LogP contribution in [0.3, 0.4) is 0 Å². The first-order valence-corrected chi connectivity index (χ1v) is 8.01. The molecule has 3 aromatic rings. The fraction of sp³-hybridized carbons (Fsp3) is 0.188. The molecule has 0 fully saturated rings. The zero-order valence-electron chi connectivity index (χ0n) is 12.5. The minimum absolute atomic E-state index is 0.126. The Morgan fingerprint density at radius 2 is 2.13 bits per heavy atom. The number of aryl methyl sites for hydroxylation is 1. The maximum Gasteiger partial charge on any atom is 0.283 e. The quantitative estimate of drug-likeness (QED) is 0.724. The smallest absolute Gasteiger partial charge is 0.283 e. The molecule has 0 aliphatic carbocycles. The Morgan fingerprint density at radius 1 is 1.30 bits per heavy atom. The van der Waals surface area contributed by atoms with Crippen LogP contribution in [0.2, 0.25) is 0 Å². The van der Waals surface area contributed by atoms with E-state index in [-0.39, 0.29) is 17.2 Å². The number of benzene rings is 1. The fourth-order valence-corrected chi connectivity index (χ4v) is 2.92. The molecule has 2 aromatic heterocycles. The minimum Gasteiger partial charge on any atom is -0.467 e. The van der Waals surface area contributed by atoms with Gasteiger partial charge in [-0.2, -0.15) is 0 Å². The van der Waals surface area contributed by atoms with E-state index in [9.17, 15) is 9.59 Å². The molecule has 1 N–H and O–H groups in total. The lowest BCUT2D eigenvalue weighted by Crippen LogP contribution is -2.26. The van der Waals surface area contributed by atoms with Gasteiger partial charge in [-0.05, 0) is 24.3 Å². The zero-order chi connectivity index (χ0) is 16.2. The molecule has 0 saturated heterocycles. The molecule has 0 bridgehead atoms. The van der Waals surface area contributed by atoms with Crippen LogP contribution in [0.15, 0.2) is 56.9 Å². The van der Waals surface area contributed by atoms with E-state index in [0.717, 1.165) is 22.8 Å². The van der Waals surface area contributed by atoms with E-state index in [0.29, 0.717) is 17.3 Å². The van der Waals surface area contributed by atoms with Crippen LogP contribution in [0.5, 0.6) is 0 Å². The molecule has 1 aromatic carbocycles. The van der Waals surface area contributed by atoms with E-state index in [1.165, 1.54) is 0 Å². The average molecular weight is 329 g/mol. The highest BCUT2D eigenvalue weighted by atomic mass is 32.2. The lowest BCUT2D eigenvalue weighted by Gasteiger charge is -2.07. The second-order valence-corrected chi connectivity index (χ2v) is 5.88. The van der Waals surface area contributed by atoms with Crippen molar-refractivity contribution in [2.75, 3.05) is 5.75 Å². The van der Waals surface area contributed by atoms with Crippen molar-refractivity contribution < 1.29 is 9.21 Å². The van der Waals surface area contributed by atoms with Gasteiger partial charge in [0.15, 0.2) is 5.03 Å². The number of carbonyl (C=O) groups excluding carboxylic acids is 1. The van der Waals surface area contributed by atoms with Crippen molar-refractivity contribution in [2.24, 2.45) is 7.05 Å². The molecule has 118 valence electrons. The van der Waals surface area contributed by atoms with Gasteiger partial charge in [0.1, 0.15) is 5.76 Å². The van der Waals surface area contributed by atoms with Crippen molar-refractivity contribution in [2.45, 2.75) is 11.6 Å². The second-order valence-electron chi connectivity index (χ2n) is 4.91. The van der Waals surface area contributed by atoms with Crippen molar-refractivity contribution in [1.29, 1.82) is 0 Å². The van der Waals surface area contributed by atoms with E-state index >= 15 is 0 Å². The van der Waals surface area contributed by atoms with Crippen LogP contribution >= 0.6 is 11.8 Å². The summed E-state index contributed by atoms with van der Waals surface area (Å²) in [5, 5.41) is 3.06. The van der Waals surface area contributed by atoms with E-state index in [4.69, 9.17) is 4.42 Å². The number of nitrogens with zero attached hydrogens (tertiary/aromatic N) is 2. The third kappa shape index (κ3) is 3.45. The Hall–Kier alpha value is -2.54. The number of thioether (sulfide) groups is 1. The Bertz CT molecular complexity index is 887. The van der Waals surface area contributed by atoms with Gasteiger partial charge in [0, 0.05) is 7.05 Å². The minimum atomic E-state index is -0.201. The molecular formula is C16H15N3O3S. The van der Waals surface area contributed by atoms with Gasteiger partial charge >= 0.3 is 0 Å². The van der Waals surface area contributed by atoms with Crippen molar-refractivity contribution in [1.82, 2.24) is 14.9 Å². The van der Waals surface area contributed by atoms with E-state index < -0.39 is 0 Å². The van der Waals surface area contributed by atoms with Gasteiger partial charge in [-0.1, -0.05) is 23.9 Å². The first-order valence-electron chi connectivity index (χ1n) is 7.03. The Balaban J connectivity index is 1.68. The van der Waals surface area contributed by atoms with Crippen LogP contribution in [-0.4, -0.2) is 21.2 Å². The molecule has 0 radical (unpaired) electrons. The van der Waals surface area contributed by atoms with Crippen LogP contribution in [-0.2, 0) is 18.4 Å². The number of aromatic nitrogens is 2. The summed E-state index contributed by atoms with van der Waals surface area (Å²) in [6, 6.07) is 11.0. The number of amides is 1. The first-order chi connectivity index (χ1) is 11.1. The van der Waals surface area contributed by atoms with Gasteiger partial charge in [0.25, 0.3) is 5.56 Å². The lowest BCUT2D eigenvalue weighted by atomic mass is 10.3. The highest BCUT2D eigenvalue weighted by Gasteiger charge is 2.11. The molecule has 2 heterocycles. The SMILES string of the molecule is Cn1c(=O)c(SCC(=O)NCc2ccco2)nc2ccccc21. The predicted octanol–water partition coefficient (Wildman–Crippen LogP) is 1.93. The summed E-state index contributed by atoms with van der Waals surface area (Å²) in [5.41, 5.74) is 1.30. The van der Waals surface area contributed by atoms with Crippen LogP contribution in [0.1, 0.15) is 5.76 Å². The zero-order valence-corrected chi connectivity index (χ0v) is 13.3. The standard InChI is InChI=1S/C16H15N3O3S/c1-19-13-7-3-2-6-12(13)18-15(16(19)21)23-10-14(20)17-9-11-5-4-8-22-11/h2-8H,9-10H2,1H3,(H,17,20). The van der Waals surface area contributed by atoms with Crippen LogP contribution in [0.25, 0.3) is 11.0 Å². The summed E-state index contributed by atoms with van der Waals surface area (Å²) in [5.74, 6) is 0.632. The topological polar surface area (TPSA) is 77.1 Å². The third-order valence-electron chi connectivity index (χ3n) is 3.33. The second kappa shape index (κ2) is 6.70. The summed E-state index contributed by atoms with van der Waals surface area (Å²) in [4.78, 5) is 28.5. The lowest BCUT2D eigenvalue weighted by molar-refractivity contribution is -0.118. The van der Waals surface area contributed by atoms with Gasteiger partial charge in [-0.25, -0.2) is 4.98 Å². The van der Waals surface area contributed by atoms with Gasteiger partial charge in [0.2, 0.25) is 5.91 Å². The van der Waals surface area contributed by atoms with Crippen molar-refractivity contribution in [3.05, 3.63) is 58.8 Å². The van der Waals surface area contributed by atoms with Crippen LogP contribution < -0.4 is 10.9 Å². The molecule has 0 unspecified atom stereocenters. The maximum atomic E-state index is 12.3. The summed E-state index contributed by atoms with van der Waals surface area (Å²) in [6.07, 6.45) is 1.55. The molecule has 7 heteroatoms. The largest absolute Gasteiger partial charge is 0.467 e. The molecule has 23 heavy (non-hydrogen) atoms. The number of furan rings is 1. The van der Waals surface area contributed by atoms with Crippen molar-refractivity contribution in [3.8, 4) is 0 Å². The number of hydrogen-bond acceptors (Lipinski definition) is 5. The third-order valence-corrected chi connectivity index (χ3v) is 4.28. The fourth-order valence-electron chi connectivity index (χ4n) is 2.13. The maximum absolute atomic E-state index is 12.3. The van der Waals surface area contributed by atoms with E-state index in [1.807, 2.05) is 24.3 Å². The van der Waals surface area contributed by atoms with Gasteiger partial charge in [-0.15, -0.1) is 0 Å². The van der Waals surface area contributed by atoms with Gasteiger partial charge < -0.3 is 14.3 Å². The predicted molar refractivity (Wildman–Crippen MR) is 88.3 cm³/mol. The molecule has 0 atom stereocenters. The molecule has 0 aliphatic rings. The Morgan fingerprint density at radius 3 is 2.91 bits per heavy atom. The number of fused-ring (bicyclic) bond motifs is 1. The molecule has 0 aliphatic heterocycles.